The van der Waals surface area contributed by atoms with Crippen LogP contribution in [-0.2, 0) is 24.9 Å². The first-order chi connectivity index (χ1) is 13.1. The van der Waals surface area contributed by atoms with Crippen molar-refractivity contribution in [1.82, 2.24) is 0 Å². The Morgan fingerprint density at radius 1 is 0.759 bits per heavy atom. The summed E-state index contributed by atoms with van der Waals surface area (Å²) in [6.45, 7) is 0. The van der Waals surface area contributed by atoms with Crippen molar-refractivity contribution in [3.63, 3.8) is 0 Å². The number of benzene rings is 2. The van der Waals surface area contributed by atoms with Crippen molar-refractivity contribution in [1.29, 1.82) is 5.26 Å². The van der Waals surface area contributed by atoms with Gasteiger partial charge in [-0.1, -0.05) is 11.6 Å². The fourth-order valence-electron chi connectivity index (χ4n) is 2.55. The van der Waals surface area contributed by atoms with E-state index in [1.54, 1.807) is 0 Å². The summed E-state index contributed by atoms with van der Waals surface area (Å²) in [7, 11) is 0. The normalized spacial score (nSPS) is 13.8. The Balaban J connectivity index is 2.54. The molecular formula is C18H9ClF9N. The Hall–Kier alpha value is -2.41. The third-order valence-corrected chi connectivity index (χ3v) is 4.33. The van der Waals surface area contributed by atoms with E-state index >= 15 is 0 Å². The van der Waals surface area contributed by atoms with Gasteiger partial charge in [0.05, 0.1) is 28.7 Å². The molecule has 156 valence electrons. The molecule has 0 radical (unpaired) electrons. The molecule has 0 N–H and O–H groups in total. The molecule has 2 aromatic carbocycles. The third-order valence-electron chi connectivity index (χ3n) is 3.97. The van der Waals surface area contributed by atoms with Crippen LogP contribution in [0.5, 0.6) is 0 Å². The van der Waals surface area contributed by atoms with E-state index < -0.39 is 53.1 Å². The van der Waals surface area contributed by atoms with Gasteiger partial charge in [-0.25, -0.2) is 0 Å². The predicted molar refractivity (Wildman–Crippen MR) is 85.0 cm³/mol. The zero-order valence-corrected chi connectivity index (χ0v) is 14.7. The second-order valence-electron chi connectivity index (χ2n) is 6.03. The maximum atomic E-state index is 13.0. The highest BCUT2D eigenvalue weighted by molar-refractivity contribution is 6.31. The number of nitriles is 1. The second-order valence-corrected chi connectivity index (χ2v) is 6.44. The molecule has 0 amide bonds. The maximum Gasteiger partial charge on any atom is 0.416 e. The first-order valence-electron chi connectivity index (χ1n) is 7.67. The van der Waals surface area contributed by atoms with Crippen LogP contribution >= 0.6 is 11.6 Å². The van der Waals surface area contributed by atoms with E-state index in [-0.39, 0.29) is 16.7 Å². The van der Waals surface area contributed by atoms with E-state index in [1.807, 2.05) is 0 Å². The van der Waals surface area contributed by atoms with Crippen molar-refractivity contribution in [3.8, 4) is 6.07 Å². The molecule has 0 bridgehead atoms. The maximum absolute atomic E-state index is 13.0. The van der Waals surface area contributed by atoms with E-state index in [1.165, 1.54) is 6.07 Å². The van der Waals surface area contributed by atoms with Crippen LogP contribution in [0.4, 0.5) is 39.5 Å². The van der Waals surface area contributed by atoms with Crippen LogP contribution in [-0.4, -0.2) is 0 Å². The van der Waals surface area contributed by atoms with Crippen LogP contribution in [0, 0.1) is 11.3 Å². The van der Waals surface area contributed by atoms with Crippen LogP contribution in [0.2, 0.25) is 5.02 Å². The van der Waals surface area contributed by atoms with Crippen molar-refractivity contribution in [2.75, 3.05) is 0 Å². The van der Waals surface area contributed by atoms with E-state index in [0.29, 0.717) is 24.3 Å². The lowest BCUT2D eigenvalue weighted by Crippen LogP contribution is -2.13. The Bertz CT molecular complexity index is 904. The summed E-state index contributed by atoms with van der Waals surface area (Å²) in [6.07, 6.45) is -15.6. The van der Waals surface area contributed by atoms with E-state index in [4.69, 9.17) is 11.6 Å². The Morgan fingerprint density at radius 3 is 1.66 bits per heavy atom. The van der Waals surface area contributed by atoms with Crippen molar-refractivity contribution in [2.24, 2.45) is 0 Å². The van der Waals surface area contributed by atoms with Gasteiger partial charge in [0.15, 0.2) is 0 Å². The number of hydrogen-bond donors (Lipinski definition) is 0. The van der Waals surface area contributed by atoms with Gasteiger partial charge < -0.3 is 0 Å². The lowest BCUT2D eigenvalue weighted by Gasteiger charge is -2.18. The van der Waals surface area contributed by atoms with E-state index in [2.05, 4.69) is 0 Å². The summed E-state index contributed by atoms with van der Waals surface area (Å²) in [5, 5.41) is 9.06. The van der Waals surface area contributed by atoms with Gasteiger partial charge in [0, 0.05) is 5.02 Å². The van der Waals surface area contributed by atoms with Crippen LogP contribution in [0.3, 0.4) is 0 Å². The number of nitrogens with zero attached hydrogens (tertiary/aromatic N) is 1. The van der Waals surface area contributed by atoms with Crippen LogP contribution in [0.1, 0.15) is 33.7 Å². The second kappa shape index (κ2) is 7.78. The lowest BCUT2D eigenvalue weighted by atomic mass is 9.90. The molecule has 1 nitrogen and oxygen atoms in total. The molecule has 0 saturated carbocycles. The summed E-state index contributed by atoms with van der Waals surface area (Å²) in [6, 6.07) is 4.32. The standard InChI is InChI=1S/C18H9ClF9N/c19-15-2-1-12(16(20,21)22)6-10(15)3-11(8-29)9-4-13(17(23,24)25)7-14(5-9)18(26,27)28/h1-2,4-7,11H,3H2. The molecular weight excluding hydrogens is 437 g/mol. The quantitative estimate of drug-likeness (QED) is 0.457. The van der Waals surface area contributed by atoms with E-state index in [0.717, 1.165) is 6.07 Å². The molecule has 0 saturated heterocycles. The monoisotopic (exact) mass is 445 g/mol. The largest absolute Gasteiger partial charge is 0.416 e. The predicted octanol–water partition coefficient (Wildman–Crippen LogP) is 7.25. The number of alkyl halides is 9. The van der Waals surface area contributed by atoms with Gasteiger partial charge in [0.2, 0.25) is 0 Å². The first kappa shape index (κ1) is 22.9. The lowest BCUT2D eigenvalue weighted by molar-refractivity contribution is -0.143. The summed E-state index contributed by atoms with van der Waals surface area (Å²) in [4.78, 5) is 0. The summed E-state index contributed by atoms with van der Waals surface area (Å²) >= 11 is 5.81. The molecule has 0 aliphatic carbocycles. The third kappa shape index (κ3) is 5.56. The molecule has 0 spiro atoms. The van der Waals surface area contributed by atoms with Gasteiger partial charge in [0.1, 0.15) is 0 Å². The van der Waals surface area contributed by atoms with Crippen molar-refractivity contribution in [3.05, 3.63) is 69.2 Å². The number of rotatable bonds is 3. The molecule has 1 atom stereocenters. The molecule has 0 fully saturated rings. The topological polar surface area (TPSA) is 23.8 Å². The molecule has 0 aliphatic heterocycles. The molecule has 11 heteroatoms. The molecule has 2 aromatic rings. The number of hydrogen-bond acceptors (Lipinski definition) is 1. The van der Waals surface area contributed by atoms with Crippen molar-refractivity contribution >= 4 is 11.6 Å². The van der Waals surface area contributed by atoms with Crippen molar-refractivity contribution in [2.45, 2.75) is 30.9 Å². The Kier molecular flexibility index (Phi) is 6.14. The highest BCUT2D eigenvalue weighted by atomic mass is 35.5. The fraction of sp³-hybridized carbons (Fsp3) is 0.278. The Labute approximate surface area is 163 Å². The van der Waals surface area contributed by atoms with Crippen LogP contribution < -0.4 is 0 Å². The molecule has 1 unspecified atom stereocenters. The highest BCUT2D eigenvalue weighted by Crippen LogP contribution is 2.39. The van der Waals surface area contributed by atoms with Gasteiger partial charge in [0.25, 0.3) is 0 Å². The molecule has 2 rings (SSSR count). The minimum absolute atomic E-state index is 0.102. The summed E-state index contributed by atoms with van der Waals surface area (Å²) < 4.78 is 116. The van der Waals surface area contributed by atoms with Crippen LogP contribution in [0.15, 0.2) is 36.4 Å². The zero-order valence-electron chi connectivity index (χ0n) is 14.0. The van der Waals surface area contributed by atoms with Gasteiger partial charge in [-0.2, -0.15) is 44.8 Å². The molecule has 0 aliphatic rings. The van der Waals surface area contributed by atoms with Crippen LogP contribution in [0.25, 0.3) is 0 Å². The van der Waals surface area contributed by atoms with Gasteiger partial charge in [-0.3, -0.25) is 0 Å². The van der Waals surface area contributed by atoms with Crippen molar-refractivity contribution < 1.29 is 39.5 Å². The average molecular weight is 446 g/mol. The zero-order chi connectivity index (χ0) is 22.2. The minimum Gasteiger partial charge on any atom is -0.198 e. The average Bonchev–Trinajstić information content (AvgIpc) is 2.58. The molecule has 0 aromatic heterocycles. The smallest absolute Gasteiger partial charge is 0.198 e. The Morgan fingerprint density at radius 2 is 1.24 bits per heavy atom. The minimum atomic E-state index is -5.12. The van der Waals surface area contributed by atoms with Gasteiger partial charge in [-0.05, 0) is 53.9 Å². The summed E-state index contributed by atoms with van der Waals surface area (Å²) in [5.74, 6) is -1.60. The van der Waals surface area contributed by atoms with Gasteiger partial charge in [-0.15, -0.1) is 0 Å². The fourth-order valence-corrected chi connectivity index (χ4v) is 2.74. The summed E-state index contributed by atoms with van der Waals surface area (Å²) in [5.41, 5.74) is -5.24. The van der Waals surface area contributed by atoms with E-state index in [9.17, 15) is 44.8 Å². The SMILES string of the molecule is N#CC(Cc1cc(C(F)(F)F)ccc1Cl)c1cc(C(F)(F)F)cc(C(F)(F)F)c1. The highest BCUT2D eigenvalue weighted by Gasteiger charge is 2.38. The van der Waals surface area contributed by atoms with Gasteiger partial charge >= 0.3 is 18.5 Å². The molecule has 0 heterocycles. The first-order valence-corrected chi connectivity index (χ1v) is 8.05. The number of halogens is 10. The molecule has 29 heavy (non-hydrogen) atoms.